The van der Waals surface area contributed by atoms with E-state index in [2.05, 4.69) is 22.5 Å². The Bertz CT molecular complexity index is 650. The quantitative estimate of drug-likeness (QED) is 0.844. The van der Waals surface area contributed by atoms with Gasteiger partial charge in [0.05, 0.1) is 11.3 Å². The summed E-state index contributed by atoms with van der Waals surface area (Å²) in [6.07, 6.45) is -4.49. The fourth-order valence-corrected chi connectivity index (χ4v) is 2.49. The van der Waals surface area contributed by atoms with Crippen LogP contribution in [0.25, 0.3) is 0 Å². The van der Waals surface area contributed by atoms with Gasteiger partial charge in [-0.05, 0) is 25.1 Å². The van der Waals surface area contributed by atoms with Gasteiger partial charge in [0.2, 0.25) is 0 Å². The highest BCUT2D eigenvalue weighted by Crippen LogP contribution is 2.34. The molecular weight excluding hydrogens is 307 g/mol. The summed E-state index contributed by atoms with van der Waals surface area (Å²) in [6.45, 7) is 1.83. The average molecular weight is 317 g/mol. The number of rotatable bonds is 3. The molecule has 0 fully saturated rings. The van der Waals surface area contributed by atoms with Gasteiger partial charge in [-0.3, -0.25) is 0 Å². The minimum atomic E-state index is -4.49. The first kappa shape index (κ1) is 14.7. The van der Waals surface area contributed by atoms with Crippen LogP contribution in [0.2, 0.25) is 0 Å². The lowest BCUT2D eigenvalue weighted by atomic mass is 10.1. The minimum absolute atomic E-state index is 0.203. The Labute approximate surface area is 122 Å². The van der Waals surface area contributed by atoms with E-state index < -0.39 is 11.7 Å². The van der Waals surface area contributed by atoms with Gasteiger partial charge in [0.15, 0.2) is 5.13 Å². The molecule has 20 heavy (non-hydrogen) atoms. The molecule has 0 amide bonds. The molecule has 0 aliphatic rings. The number of benzene rings is 1. The molecule has 0 radical (unpaired) electrons. The summed E-state index contributed by atoms with van der Waals surface area (Å²) in [5.74, 6) is 0. The van der Waals surface area contributed by atoms with Crippen LogP contribution >= 0.6 is 23.6 Å². The number of nitrogens with two attached hydrogens (primary N) is 1. The molecule has 0 bridgehead atoms. The third-order valence-electron chi connectivity index (χ3n) is 2.46. The van der Waals surface area contributed by atoms with E-state index in [-0.39, 0.29) is 10.6 Å². The lowest BCUT2D eigenvalue weighted by Crippen LogP contribution is -2.18. The average Bonchev–Trinajstić information content (AvgIpc) is 2.73. The molecule has 0 spiro atoms. The summed E-state index contributed by atoms with van der Waals surface area (Å²) >= 11 is 6.04. The molecule has 2 rings (SSSR count). The van der Waals surface area contributed by atoms with E-state index in [4.69, 9.17) is 5.73 Å². The summed E-state index contributed by atoms with van der Waals surface area (Å²) < 4.78 is 38.5. The zero-order valence-electron chi connectivity index (χ0n) is 10.3. The minimum Gasteiger partial charge on any atom is -0.389 e. The lowest BCUT2D eigenvalue weighted by Gasteiger charge is -2.13. The second-order valence-electron chi connectivity index (χ2n) is 4.04. The van der Waals surface area contributed by atoms with Crippen molar-refractivity contribution >= 4 is 39.4 Å². The van der Waals surface area contributed by atoms with Crippen LogP contribution in [0.4, 0.5) is 24.0 Å². The zero-order chi connectivity index (χ0) is 14.9. The number of thiocarbonyl (C=S) groups is 1. The van der Waals surface area contributed by atoms with Crippen LogP contribution in [-0.4, -0.2) is 9.97 Å². The lowest BCUT2D eigenvalue weighted by molar-refractivity contribution is -0.137. The smallest absolute Gasteiger partial charge is 0.389 e. The standard InChI is InChI=1S/C12H10F3N3S2/c1-6-5-20-11(17-6)18-7-2-3-9(12(13,14)15)8(4-7)10(16)19/h2-5H,1H3,(H2,16,19)(H,17,18). The van der Waals surface area contributed by atoms with E-state index in [1.54, 1.807) is 0 Å². The molecule has 0 aliphatic heterocycles. The summed E-state index contributed by atoms with van der Waals surface area (Å²) in [4.78, 5) is 3.88. The van der Waals surface area contributed by atoms with Crippen LogP contribution in [0.15, 0.2) is 23.6 Å². The van der Waals surface area contributed by atoms with E-state index >= 15 is 0 Å². The number of nitrogens with zero attached hydrogens (tertiary/aromatic N) is 1. The number of hydrogen-bond donors (Lipinski definition) is 2. The SMILES string of the molecule is Cc1csc(Nc2ccc(C(F)(F)F)c(C(N)=S)c2)n1. The fourth-order valence-electron chi connectivity index (χ4n) is 1.61. The number of aromatic nitrogens is 1. The van der Waals surface area contributed by atoms with Gasteiger partial charge in [-0.2, -0.15) is 13.2 Å². The Morgan fingerprint density at radius 1 is 1.40 bits per heavy atom. The van der Waals surface area contributed by atoms with Gasteiger partial charge in [0, 0.05) is 16.6 Å². The third-order valence-corrected chi connectivity index (χ3v) is 3.56. The molecule has 1 aromatic carbocycles. The third kappa shape index (κ3) is 3.26. The maximum absolute atomic E-state index is 12.8. The molecule has 0 aliphatic carbocycles. The summed E-state index contributed by atoms with van der Waals surface area (Å²) in [7, 11) is 0. The Morgan fingerprint density at radius 2 is 2.10 bits per heavy atom. The van der Waals surface area contributed by atoms with Gasteiger partial charge < -0.3 is 11.1 Å². The van der Waals surface area contributed by atoms with E-state index in [1.165, 1.54) is 23.5 Å². The summed E-state index contributed by atoms with van der Waals surface area (Å²) in [5.41, 5.74) is 5.61. The Morgan fingerprint density at radius 3 is 2.60 bits per heavy atom. The molecule has 1 aromatic heterocycles. The molecule has 3 nitrogen and oxygen atoms in total. The molecule has 3 N–H and O–H groups in total. The molecule has 8 heteroatoms. The zero-order valence-corrected chi connectivity index (χ0v) is 11.9. The highest BCUT2D eigenvalue weighted by Gasteiger charge is 2.34. The number of anilines is 2. The van der Waals surface area contributed by atoms with E-state index in [9.17, 15) is 13.2 Å². The largest absolute Gasteiger partial charge is 0.417 e. The predicted octanol–water partition coefficient (Wildman–Crippen LogP) is 3.85. The van der Waals surface area contributed by atoms with Gasteiger partial charge in [-0.1, -0.05) is 12.2 Å². The molecule has 2 aromatic rings. The molecule has 0 atom stereocenters. The topological polar surface area (TPSA) is 50.9 Å². The van der Waals surface area contributed by atoms with E-state index in [0.717, 1.165) is 11.8 Å². The van der Waals surface area contributed by atoms with Crippen molar-refractivity contribution in [1.82, 2.24) is 4.98 Å². The second kappa shape index (κ2) is 5.37. The summed E-state index contributed by atoms with van der Waals surface area (Å²) in [5, 5.41) is 5.35. The normalized spacial score (nSPS) is 11.4. The monoisotopic (exact) mass is 317 g/mol. The van der Waals surface area contributed by atoms with Gasteiger partial charge in [0.1, 0.15) is 4.99 Å². The number of alkyl halides is 3. The molecule has 0 unspecified atom stereocenters. The highest BCUT2D eigenvalue weighted by atomic mass is 32.1. The molecule has 1 heterocycles. The van der Waals surface area contributed by atoms with Crippen molar-refractivity contribution in [3.8, 4) is 0 Å². The van der Waals surface area contributed by atoms with Crippen molar-refractivity contribution in [3.05, 3.63) is 40.4 Å². The van der Waals surface area contributed by atoms with Gasteiger partial charge in [-0.15, -0.1) is 11.3 Å². The van der Waals surface area contributed by atoms with Crippen molar-refractivity contribution in [2.75, 3.05) is 5.32 Å². The van der Waals surface area contributed by atoms with Crippen molar-refractivity contribution in [3.63, 3.8) is 0 Å². The number of thiazole rings is 1. The number of aryl methyl sites for hydroxylation is 1. The van der Waals surface area contributed by atoms with Crippen LogP contribution in [-0.2, 0) is 6.18 Å². The first-order valence-corrected chi connectivity index (χ1v) is 6.76. The van der Waals surface area contributed by atoms with Crippen LogP contribution in [0.3, 0.4) is 0 Å². The van der Waals surface area contributed by atoms with Crippen LogP contribution in [0, 0.1) is 6.92 Å². The first-order valence-electron chi connectivity index (χ1n) is 5.47. The maximum Gasteiger partial charge on any atom is 0.417 e. The van der Waals surface area contributed by atoms with Crippen LogP contribution in [0.1, 0.15) is 16.8 Å². The maximum atomic E-state index is 12.8. The van der Waals surface area contributed by atoms with Crippen molar-refractivity contribution in [2.45, 2.75) is 13.1 Å². The van der Waals surface area contributed by atoms with Crippen molar-refractivity contribution < 1.29 is 13.2 Å². The molecule has 0 saturated heterocycles. The molecule has 0 saturated carbocycles. The Hall–Kier alpha value is -1.67. The van der Waals surface area contributed by atoms with Gasteiger partial charge in [0.25, 0.3) is 0 Å². The van der Waals surface area contributed by atoms with Crippen LogP contribution < -0.4 is 11.1 Å². The fraction of sp³-hybridized carbons (Fsp3) is 0.167. The van der Waals surface area contributed by atoms with E-state index in [1.807, 2.05) is 12.3 Å². The van der Waals surface area contributed by atoms with Crippen LogP contribution in [0.5, 0.6) is 0 Å². The van der Waals surface area contributed by atoms with Crippen molar-refractivity contribution in [1.29, 1.82) is 0 Å². The Balaban J connectivity index is 2.38. The summed E-state index contributed by atoms with van der Waals surface area (Å²) in [6, 6.07) is 3.56. The Kier molecular flexibility index (Phi) is 3.96. The number of nitrogens with one attached hydrogen (secondary N) is 1. The highest BCUT2D eigenvalue weighted by molar-refractivity contribution is 7.80. The number of hydrogen-bond acceptors (Lipinski definition) is 4. The predicted molar refractivity (Wildman–Crippen MR) is 77.5 cm³/mol. The first-order chi connectivity index (χ1) is 9.27. The molecular formula is C12H10F3N3S2. The molecule has 106 valence electrons. The van der Waals surface area contributed by atoms with E-state index in [0.29, 0.717) is 10.8 Å². The van der Waals surface area contributed by atoms with Gasteiger partial charge >= 0.3 is 6.18 Å². The number of halogens is 3. The second-order valence-corrected chi connectivity index (χ2v) is 5.34. The van der Waals surface area contributed by atoms with Crippen molar-refractivity contribution in [2.24, 2.45) is 5.73 Å². The van der Waals surface area contributed by atoms with Gasteiger partial charge in [-0.25, -0.2) is 4.98 Å².